The summed E-state index contributed by atoms with van der Waals surface area (Å²) in [5, 5.41) is 11.1. The fourth-order valence-electron chi connectivity index (χ4n) is 3.80. The van der Waals surface area contributed by atoms with E-state index >= 15 is 0 Å². The zero-order valence-electron chi connectivity index (χ0n) is 17.4. The molecule has 0 bridgehead atoms. The lowest BCUT2D eigenvalue weighted by Crippen LogP contribution is -2.29. The summed E-state index contributed by atoms with van der Waals surface area (Å²) in [5.74, 6) is -0.420. The number of rotatable bonds is 6. The second kappa shape index (κ2) is 8.52. The van der Waals surface area contributed by atoms with E-state index in [2.05, 4.69) is 6.92 Å². The van der Waals surface area contributed by atoms with Gasteiger partial charge in [0.1, 0.15) is 17.3 Å². The number of nitrogens with zero attached hydrogens (tertiary/aromatic N) is 1. The molecule has 1 aromatic heterocycles. The van der Waals surface area contributed by atoms with E-state index in [9.17, 15) is 14.7 Å². The predicted molar refractivity (Wildman–Crippen MR) is 115 cm³/mol. The van der Waals surface area contributed by atoms with Crippen molar-refractivity contribution in [2.24, 2.45) is 0 Å². The minimum atomic E-state index is -0.724. The normalized spacial score (nSPS) is 17.9. The van der Waals surface area contributed by atoms with Gasteiger partial charge < -0.3 is 19.2 Å². The van der Waals surface area contributed by atoms with E-state index < -0.39 is 17.7 Å². The minimum absolute atomic E-state index is 0.0611. The van der Waals surface area contributed by atoms with Gasteiger partial charge >= 0.3 is 0 Å². The van der Waals surface area contributed by atoms with E-state index in [0.29, 0.717) is 17.1 Å². The van der Waals surface area contributed by atoms with Crippen molar-refractivity contribution in [3.63, 3.8) is 0 Å². The predicted octanol–water partition coefficient (Wildman–Crippen LogP) is 4.47. The highest BCUT2D eigenvalue weighted by molar-refractivity contribution is 6.46. The van der Waals surface area contributed by atoms with E-state index in [1.165, 1.54) is 11.2 Å². The molecule has 31 heavy (non-hydrogen) atoms. The van der Waals surface area contributed by atoms with Gasteiger partial charge in [-0.2, -0.15) is 0 Å². The number of carbonyl (C=O) groups is 2. The SMILES string of the molecule is CCc1ccc(C2/C(=C(/O)c3ccc(OC)cc3)C(=O)C(=O)N2Cc2ccco2)cc1. The summed E-state index contributed by atoms with van der Waals surface area (Å²) in [4.78, 5) is 27.4. The Morgan fingerprint density at radius 2 is 1.77 bits per heavy atom. The topological polar surface area (TPSA) is 80.0 Å². The van der Waals surface area contributed by atoms with Crippen LogP contribution in [-0.4, -0.2) is 28.8 Å². The number of aryl methyl sites for hydroxylation is 1. The highest BCUT2D eigenvalue weighted by Crippen LogP contribution is 2.40. The van der Waals surface area contributed by atoms with Crippen LogP contribution < -0.4 is 4.74 Å². The van der Waals surface area contributed by atoms with Crippen molar-refractivity contribution in [1.82, 2.24) is 4.90 Å². The van der Waals surface area contributed by atoms with Gasteiger partial charge in [0.2, 0.25) is 0 Å². The lowest BCUT2D eigenvalue weighted by molar-refractivity contribution is -0.140. The lowest BCUT2D eigenvalue weighted by Gasteiger charge is -2.24. The first kappa shape index (κ1) is 20.5. The molecule has 1 aliphatic rings. The van der Waals surface area contributed by atoms with Crippen molar-refractivity contribution in [2.45, 2.75) is 25.9 Å². The van der Waals surface area contributed by atoms with Crippen molar-refractivity contribution in [2.75, 3.05) is 7.11 Å². The Kier molecular flexibility index (Phi) is 5.62. The first-order chi connectivity index (χ1) is 15.0. The van der Waals surface area contributed by atoms with Crippen LogP contribution in [0.4, 0.5) is 0 Å². The quantitative estimate of drug-likeness (QED) is 0.364. The van der Waals surface area contributed by atoms with Gasteiger partial charge in [0.05, 0.1) is 31.5 Å². The summed E-state index contributed by atoms with van der Waals surface area (Å²) in [7, 11) is 1.55. The Labute approximate surface area is 180 Å². The van der Waals surface area contributed by atoms with Crippen molar-refractivity contribution < 1.29 is 23.8 Å². The molecule has 1 unspecified atom stereocenters. The molecule has 6 heteroatoms. The maximum Gasteiger partial charge on any atom is 0.296 e. The molecule has 1 fully saturated rings. The number of ether oxygens (including phenoxy) is 1. The number of ketones is 1. The first-order valence-corrected chi connectivity index (χ1v) is 10.1. The number of furan rings is 1. The summed E-state index contributed by atoms with van der Waals surface area (Å²) in [5.41, 5.74) is 2.39. The van der Waals surface area contributed by atoms with Gasteiger partial charge in [0.25, 0.3) is 11.7 Å². The van der Waals surface area contributed by atoms with Gasteiger partial charge in [-0.25, -0.2) is 0 Å². The third-order valence-corrected chi connectivity index (χ3v) is 5.51. The van der Waals surface area contributed by atoms with Crippen molar-refractivity contribution in [3.8, 4) is 5.75 Å². The summed E-state index contributed by atoms with van der Waals surface area (Å²) < 4.78 is 10.6. The molecule has 0 spiro atoms. The molecule has 1 amide bonds. The van der Waals surface area contributed by atoms with Crippen LogP contribution in [-0.2, 0) is 22.6 Å². The number of likely N-dealkylation sites (tertiary alicyclic amines) is 1. The average Bonchev–Trinajstić information content (AvgIpc) is 3.41. The second-order valence-corrected chi connectivity index (χ2v) is 7.33. The first-order valence-electron chi connectivity index (χ1n) is 10.1. The van der Waals surface area contributed by atoms with E-state index in [1.54, 1.807) is 43.5 Å². The fourth-order valence-corrected chi connectivity index (χ4v) is 3.80. The molecule has 2 aromatic carbocycles. The molecular weight excluding hydrogens is 394 g/mol. The van der Waals surface area contributed by atoms with Crippen LogP contribution in [0.15, 0.2) is 76.9 Å². The number of aliphatic hydroxyl groups excluding tert-OH is 1. The van der Waals surface area contributed by atoms with Crippen LogP contribution in [0.5, 0.6) is 5.75 Å². The van der Waals surface area contributed by atoms with Crippen molar-refractivity contribution >= 4 is 17.4 Å². The smallest absolute Gasteiger partial charge is 0.296 e. The molecule has 1 saturated heterocycles. The van der Waals surface area contributed by atoms with Crippen LogP contribution in [0, 0.1) is 0 Å². The summed E-state index contributed by atoms with van der Waals surface area (Å²) in [6.07, 6.45) is 2.40. The Bertz CT molecular complexity index is 1110. The molecule has 1 aliphatic heterocycles. The monoisotopic (exact) mass is 417 g/mol. The highest BCUT2D eigenvalue weighted by atomic mass is 16.5. The van der Waals surface area contributed by atoms with E-state index in [4.69, 9.17) is 9.15 Å². The number of hydrogen-bond donors (Lipinski definition) is 1. The van der Waals surface area contributed by atoms with Crippen LogP contribution in [0.3, 0.4) is 0 Å². The van der Waals surface area contributed by atoms with Crippen LogP contribution >= 0.6 is 0 Å². The number of aliphatic hydroxyl groups is 1. The molecule has 1 N–H and O–H groups in total. The summed E-state index contributed by atoms with van der Waals surface area (Å²) in [6, 6.07) is 17.2. The maximum absolute atomic E-state index is 13.0. The molecule has 0 saturated carbocycles. The van der Waals surface area contributed by atoms with Crippen molar-refractivity contribution in [3.05, 3.63) is 95.0 Å². The van der Waals surface area contributed by atoms with Crippen molar-refractivity contribution in [1.29, 1.82) is 0 Å². The molecule has 0 aliphatic carbocycles. The molecule has 2 heterocycles. The van der Waals surface area contributed by atoms with Gasteiger partial charge in [0.15, 0.2) is 0 Å². The molecular formula is C25H23NO5. The van der Waals surface area contributed by atoms with Gasteiger partial charge in [-0.3, -0.25) is 9.59 Å². The number of benzene rings is 2. The summed E-state index contributed by atoms with van der Waals surface area (Å²) >= 11 is 0. The van der Waals surface area contributed by atoms with Crippen LogP contribution in [0.1, 0.15) is 35.4 Å². The largest absolute Gasteiger partial charge is 0.507 e. The third-order valence-electron chi connectivity index (χ3n) is 5.51. The standard InChI is InChI=1S/C25H23NO5/c1-3-16-6-8-17(9-7-16)22-21(23(27)18-10-12-19(30-2)13-11-18)24(28)25(29)26(22)15-20-5-4-14-31-20/h4-14,22,27H,3,15H2,1-2H3/b23-21-. The zero-order valence-corrected chi connectivity index (χ0v) is 17.4. The molecule has 158 valence electrons. The molecule has 1 atom stereocenters. The molecule has 6 nitrogen and oxygen atoms in total. The van der Waals surface area contributed by atoms with Gasteiger partial charge in [0, 0.05) is 5.56 Å². The minimum Gasteiger partial charge on any atom is -0.507 e. The van der Waals surface area contributed by atoms with E-state index in [1.807, 2.05) is 24.3 Å². The number of Topliss-reactive ketones (excluding diaryl/α,β-unsaturated/α-hetero) is 1. The Hall–Kier alpha value is -3.80. The van der Waals surface area contributed by atoms with Gasteiger partial charge in [-0.1, -0.05) is 31.2 Å². The number of hydrogen-bond acceptors (Lipinski definition) is 5. The third kappa shape index (κ3) is 3.84. The Morgan fingerprint density at radius 3 is 2.35 bits per heavy atom. The van der Waals surface area contributed by atoms with E-state index in [0.717, 1.165) is 17.5 Å². The Morgan fingerprint density at radius 1 is 1.06 bits per heavy atom. The second-order valence-electron chi connectivity index (χ2n) is 7.33. The van der Waals surface area contributed by atoms with Gasteiger partial charge in [-0.05, 0) is 53.9 Å². The average molecular weight is 417 g/mol. The number of amides is 1. The molecule has 0 radical (unpaired) electrons. The number of carbonyl (C=O) groups excluding carboxylic acids is 2. The lowest BCUT2D eigenvalue weighted by atomic mass is 9.94. The highest BCUT2D eigenvalue weighted by Gasteiger charge is 2.46. The van der Waals surface area contributed by atoms with E-state index in [-0.39, 0.29) is 17.9 Å². The maximum atomic E-state index is 13.0. The fraction of sp³-hybridized carbons (Fsp3) is 0.200. The summed E-state index contributed by atoms with van der Waals surface area (Å²) in [6.45, 7) is 2.18. The zero-order chi connectivity index (χ0) is 22.0. The number of methoxy groups -OCH3 is 1. The molecule has 3 aromatic rings. The van der Waals surface area contributed by atoms with Crippen LogP contribution in [0.2, 0.25) is 0 Å². The van der Waals surface area contributed by atoms with Crippen LogP contribution in [0.25, 0.3) is 5.76 Å². The Balaban J connectivity index is 1.83. The van der Waals surface area contributed by atoms with Gasteiger partial charge in [-0.15, -0.1) is 0 Å². The molecule has 4 rings (SSSR count).